The van der Waals surface area contributed by atoms with Gasteiger partial charge in [0.25, 0.3) is 0 Å². The van der Waals surface area contributed by atoms with Gasteiger partial charge in [-0.25, -0.2) is 0 Å². The molecule has 1 aliphatic carbocycles. The maximum Gasteiger partial charge on any atom is 0.316 e. The number of aromatic nitrogens is 2. The second kappa shape index (κ2) is 3.30. The van der Waals surface area contributed by atoms with Gasteiger partial charge in [0.1, 0.15) is 0 Å². The minimum atomic E-state index is 0.435. The first kappa shape index (κ1) is 8.44. The van der Waals surface area contributed by atoms with E-state index in [1.54, 1.807) is 7.11 Å². The average molecular weight is 179 g/mol. The Bertz CT molecular complexity index is 287. The van der Waals surface area contributed by atoms with Gasteiger partial charge in [0.15, 0.2) is 0 Å². The maximum atomic E-state index is 5.52. The Morgan fingerprint density at radius 3 is 2.85 bits per heavy atom. The summed E-state index contributed by atoms with van der Waals surface area (Å²) in [4.78, 5) is 8.40. The van der Waals surface area contributed by atoms with Crippen LogP contribution in [0.15, 0.2) is 6.07 Å². The van der Waals surface area contributed by atoms with Gasteiger partial charge in [-0.2, -0.15) is 9.97 Å². The summed E-state index contributed by atoms with van der Waals surface area (Å²) in [6.45, 7) is 0.443. The van der Waals surface area contributed by atoms with E-state index in [-0.39, 0.29) is 0 Å². The molecule has 0 radical (unpaired) electrons. The van der Waals surface area contributed by atoms with Crippen molar-refractivity contribution in [1.29, 1.82) is 0 Å². The molecule has 0 aromatic carbocycles. The van der Waals surface area contributed by atoms with E-state index in [9.17, 15) is 0 Å². The maximum absolute atomic E-state index is 5.52. The van der Waals surface area contributed by atoms with E-state index in [2.05, 4.69) is 9.97 Å². The van der Waals surface area contributed by atoms with Crippen LogP contribution in [0, 0.1) is 0 Å². The van der Waals surface area contributed by atoms with Crippen molar-refractivity contribution in [3.8, 4) is 6.01 Å². The number of hydrogen-bond acceptors (Lipinski definition) is 4. The Hall–Kier alpha value is -1.16. The number of rotatable bonds is 3. The predicted octanol–water partition coefficient (Wildman–Crippen LogP) is 0.821. The molecule has 1 aliphatic rings. The lowest BCUT2D eigenvalue weighted by molar-refractivity contribution is 0.376. The van der Waals surface area contributed by atoms with Crippen molar-refractivity contribution in [2.75, 3.05) is 7.11 Å². The minimum absolute atomic E-state index is 0.435. The standard InChI is InChI=1S/C9H13N3O/c1-13-9-11-7(5-10)4-8(12-9)6-2-3-6/h4,6H,2-3,5,10H2,1H3. The van der Waals surface area contributed by atoms with Crippen molar-refractivity contribution in [2.45, 2.75) is 25.3 Å². The molecule has 2 rings (SSSR count). The quantitative estimate of drug-likeness (QED) is 0.746. The van der Waals surface area contributed by atoms with E-state index in [4.69, 9.17) is 10.5 Å². The first-order valence-electron chi connectivity index (χ1n) is 4.45. The van der Waals surface area contributed by atoms with Crippen molar-refractivity contribution < 1.29 is 4.74 Å². The van der Waals surface area contributed by atoms with E-state index in [1.165, 1.54) is 12.8 Å². The monoisotopic (exact) mass is 179 g/mol. The third kappa shape index (κ3) is 1.78. The highest BCUT2D eigenvalue weighted by molar-refractivity contribution is 5.20. The van der Waals surface area contributed by atoms with Gasteiger partial charge in [-0.1, -0.05) is 0 Å². The van der Waals surface area contributed by atoms with Gasteiger partial charge >= 0.3 is 6.01 Å². The third-order valence-corrected chi connectivity index (χ3v) is 2.17. The van der Waals surface area contributed by atoms with E-state index in [0.717, 1.165) is 11.4 Å². The molecular formula is C9H13N3O. The van der Waals surface area contributed by atoms with E-state index in [0.29, 0.717) is 18.5 Å². The van der Waals surface area contributed by atoms with E-state index in [1.807, 2.05) is 6.07 Å². The van der Waals surface area contributed by atoms with Crippen molar-refractivity contribution >= 4 is 0 Å². The number of hydrogen-bond donors (Lipinski definition) is 1. The minimum Gasteiger partial charge on any atom is -0.467 e. The zero-order valence-electron chi connectivity index (χ0n) is 7.66. The molecule has 1 aromatic heterocycles. The average Bonchev–Trinajstić information content (AvgIpc) is 3.00. The zero-order valence-corrected chi connectivity index (χ0v) is 7.66. The van der Waals surface area contributed by atoms with Crippen LogP contribution in [0.25, 0.3) is 0 Å². The fraction of sp³-hybridized carbons (Fsp3) is 0.556. The molecule has 70 valence electrons. The van der Waals surface area contributed by atoms with Crippen molar-refractivity contribution in [1.82, 2.24) is 9.97 Å². The lowest BCUT2D eigenvalue weighted by Gasteiger charge is -2.04. The molecule has 1 saturated carbocycles. The fourth-order valence-corrected chi connectivity index (χ4v) is 1.28. The van der Waals surface area contributed by atoms with Gasteiger partial charge in [-0.05, 0) is 18.9 Å². The number of nitrogens with two attached hydrogens (primary N) is 1. The topological polar surface area (TPSA) is 61.0 Å². The molecule has 1 fully saturated rings. The van der Waals surface area contributed by atoms with Gasteiger partial charge in [0.05, 0.1) is 18.5 Å². The van der Waals surface area contributed by atoms with Crippen LogP contribution < -0.4 is 10.5 Å². The Morgan fingerprint density at radius 1 is 1.54 bits per heavy atom. The Labute approximate surface area is 77.1 Å². The fourth-order valence-electron chi connectivity index (χ4n) is 1.28. The molecule has 1 aromatic rings. The number of nitrogens with zero attached hydrogens (tertiary/aromatic N) is 2. The van der Waals surface area contributed by atoms with Gasteiger partial charge in [0.2, 0.25) is 0 Å². The SMILES string of the molecule is COc1nc(CN)cc(C2CC2)n1. The number of methoxy groups -OCH3 is 1. The molecule has 13 heavy (non-hydrogen) atoms. The van der Waals surface area contributed by atoms with Crippen LogP contribution in [-0.2, 0) is 6.54 Å². The second-order valence-electron chi connectivity index (χ2n) is 3.25. The molecule has 0 bridgehead atoms. The Kier molecular flexibility index (Phi) is 2.14. The Morgan fingerprint density at radius 2 is 2.31 bits per heavy atom. The molecule has 4 heteroatoms. The van der Waals surface area contributed by atoms with Crippen molar-refractivity contribution in [3.05, 3.63) is 17.5 Å². The molecule has 0 amide bonds. The molecule has 0 spiro atoms. The summed E-state index contributed by atoms with van der Waals surface area (Å²) in [7, 11) is 1.58. The molecule has 0 saturated heterocycles. The van der Waals surface area contributed by atoms with E-state index >= 15 is 0 Å². The van der Waals surface area contributed by atoms with Crippen molar-refractivity contribution in [3.63, 3.8) is 0 Å². The molecule has 1 heterocycles. The lowest BCUT2D eigenvalue weighted by Crippen LogP contribution is -2.04. The first-order chi connectivity index (χ1) is 6.33. The largest absolute Gasteiger partial charge is 0.467 e. The van der Waals surface area contributed by atoms with Crippen LogP contribution in [0.3, 0.4) is 0 Å². The summed E-state index contributed by atoms with van der Waals surface area (Å²) in [6, 6.07) is 2.41. The van der Waals surface area contributed by atoms with Gasteiger partial charge in [0, 0.05) is 12.5 Å². The van der Waals surface area contributed by atoms with Crippen LogP contribution in [0.5, 0.6) is 6.01 Å². The van der Waals surface area contributed by atoms with E-state index < -0.39 is 0 Å². The predicted molar refractivity (Wildman–Crippen MR) is 48.5 cm³/mol. The van der Waals surface area contributed by atoms with Gasteiger partial charge < -0.3 is 10.5 Å². The summed E-state index contributed by atoms with van der Waals surface area (Å²) in [5.41, 5.74) is 7.45. The smallest absolute Gasteiger partial charge is 0.316 e. The molecule has 0 unspecified atom stereocenters. The van der Waals surface area contributed by atoms with Crippen LogP contribution >= 0.6 is 0 Å². The highest BCUT2D eigenvalue weighted by atomic mass is 16.5. The highest BCUT2D eigenvalue weighted by Crippen LogP contribution is 2.39. The molecule has 2 N–H and O–H groups in total. The highest BCUT2D eigenvalue weighted by Gasteiger charge is 2.26. The zero-order chi connectivity index (χ0) is 9.26. The summed E-state index contributed by atoms with van der Waals surface area (Å²) in [6.07, 6.45) is 2.45. The van der Waals surface area contributed by atoms with Crippen LogP contribution in [0.2, 0.25) is 0 Å². The Balaban J connectivity index is 2.33. The van der Waals surface area contributed by atoms with Crippen LogP contribution in [0.1, 0.15) is 30.1 Å². The van der Waals surface area contributed by atoms with Crippen LogP contribution in [-0.4, -0.2) is 17.1 Å². The normalized spacial score (nSPS) is 15.8. The van der Waals surface area contributed by atoms with Crippen LogP contribution in [0.4, 0.5) is 0 Å². The summed E-state index contributed by atoms with van der Waals surface area (Å²) < 4.78 is 5.00. The van der Waals surface area contributed by atoms with Crippen molar-refractivity contribution in [2.24, 2.45) is 5.73 Å². The molecule has 4 nitrogen and oxygen atoms in total. The number of ether oxygens (including phenoxy) is 1. The lowest BCUT2D eigenvalue weighted by atomic mass is 10.2. The molecule has 0 aliphatic heterocycles. The third-order valence-electron chi connectivity index (χ3n) is 2.17. The van der Waals surface area contributed by atoms with Gasteiger partial charge in [-0.15, -0.1) is 0 Å². The second-order valence-corrected chi connectivity index (χ2v) is 3.25. The molecule has 0 atom stereocenters. The summed E-state index contributed by atoms with van der Waals surface area (Å²) >= 11 is 0. The first-order valence-corrected chi connectivity index (χ1v) is 4.45. The molecular weight excluding hydrogens is 166 g/mol. The summed E-state index contributed by atoms with van der Waals surface area (Å²) in [5.74, 6) is 0.613. The van der Waals surface area contributed by atoms with Gasteiger partial charge in [-0.3, -0.25) is 0 Å². The summed E-state index contributed by atoms with van der Waals surface area (Å²) in [5, 5.41) is 0.